The van der Waals surface area contributed by atoms with Crippen LogP contribution in [0.4, 0.5) is 4.39 Å². The molecule has 1 aromatic carbocycles. The Kier molecular flexibility index (Phi) is 5.01. The number of halogens is 3. The molecule has 0 radical (unpaired) electrons. The van der Waals surface area contributed by atoms with Crippen molar-refractivity contribution >= 4 is 39.3 Å². The molecule has 0 spiro atoms. The lowest BCUT2D eigenvalue weighted by molar-refractivity contribution is 0.316. The Balaban J connectivity index is 2.38. The fourth-order valence-electron chi connectivity index (χ4n) is 2.17. The van der Waals surface area contributed by atoms with Crippen LogP contribution in [0.3, 0.4) is 0 Å². The van der Waals surface area contributed by atoms with E-state index in [0.29, 0.717) is 12.8 Å². The van der Waals surface area contributed by atoms with Crippen LogP contribution in [0, 0.1) is 5.82 Å². The number of aliphatic imine (C=N–C) groups is 1. The van der Waals surface area contributed by atoms with Crippen molar-refractivity contribution in [2.45, 2.75) is 23.8 Å². The first kappa shape index (κ1) is 16.4. The maximum Gasteiger partial charge on any atom is 0.244 e. The third-order valence-electron chi connectivity index (χ3n) is 3.21. The summed E-state index contributed by atoms with van der Waals surface area (Å²) in [6, 6.07) is 1.86. The van der Waals surface area contributed by atoms with Gasteiger partial charge in [0.15, 0.2) is 5.82 Å². The minimum absolute atomic E-state index is 0.0398. The molecule has 114 valence electrons. The van der Waals surface area contributed by atoms with Crippen molar-refractivity contribution in [1.29, 1.82) is 0 Å². The lowest BCUT2D eigenvalue weighted by Crippen LogP contribution is -2.41. The van der Waals surface area contributed by atoms with Gasteiger partial charge in [-0.05, 0) is 25.0 Å². The Morgan fingerprint density at radius 1 is 1.38 bits per heavy atom. The second-order valence-electron chi connectivity index (χ2n) is 4.55. The van der Waals surface area contributed by atoms with Gasteiger partial charge < -0.3 is 0 Å². The Bertz CT molecular complexity index is 705. The van der Waals surface area contributed by atoms with Crippen molar-refractivity contribution in [3.8, 4) is 0 Å². The molecule has 1 heterocycles. The van der Waals surface area contributed by atoms with Crippen LogP contribution in [0.15, 0.2) is 22.0 Å². The van der Waals surface area contributed by atoms with E-state index < -0.39 is 26.9 Å². The number of sulfonamides is 1. The zero-order valence-electron chi connectivity index (χ0n) is 10.7. The molecule has 9 heteroatoms. The van der Waals surface area contributed by atoms with Gasteiger partial charge in [-0.25, -0.2) is 22.6 Å². The summed E-state index contributed by atoms with van der Waals surface area (Å²) in [7, 11) is -3.97. The lowest BCUT2D eigenvalue weighted by Gasteiger charge is -2.29. The fourth-order valence-corrected chi connectivity index (χ4v) is 4.40. The molecule has 0 bridgehead atoms. The minimum atomic E-state index is -3.97. The van der Waals surface area contributed by atoms with E-state index in [1.165, 1.54) is 6.08 Å². The molecule has 1 aromatic rings. The number of piperidine rings is 1. The fraction of sp³-hybridized carbons (Fsp3) is 0.417. The first-order valence-corrected chi connectivity index (χ1v) is 8.28. The van der Waals surface area contributed by atoms with Gasteiger partial charge in [0.2, 0.25) is 16.1 Å². The summed E-state index contributed by atoms with van der Waals surface area (Å²) in [5.74, 6) is -0.973. The molecule has 0 saturated carbocycles. The van der Waals surface area contributed by atoms with Crippen molar-refractivity contribution < 1.29 is 17.6 Å². The predicted octanol–water partition coefficient (Wildman–Crippen LogP) is 2.62. The molecule has 0 aliphatic carbocycles. The smallest absolute Gasteiger partial charge is 0.211 e. The predicted molar refractivity (Wildman–Crippen MR) is 76.3 cm³/mol. The second kappa shape index (κ2) is 6.42. The van der Waals surface area contributed by atoms with Crippen LogP contribution >= 0.6 is 23.2 Å². The summed E-state index contributed by atoms with van der Waals surface area (Å²) in [4.78, 5) is 13.5. The zero-order valence-corrected chi connectivity index (χ0v) is 13.1. The highest BCUT2D eigenvalue weighted by molar-refractivity contribution is 7.89. The van der Waals surface area contributed by atoms with Crippen LogP contribution in [0.2, 0.25) is 10.0 Å². The van der Waals surface area contributed by atoms with Crippen LogP contribution < -0.4 is 0 Å². The SMILES string of the molecule is O=C=NC1CCCN(S(=O)(=O)c2ccc(Cl)c(F)c2Cl)C1. The summed E-state index contributed by atoms with van der Waals surface area (Å²) in [6.45, 7) is 0.298. The monoisotopic (exact) mass is 352 g/mol. The average Bonchev–Trinajstić information content (AvgIpc) is 2.45. The van der Waals surface area contributed by atoms with E-state index in [1.807, 2.05) is 0 Å². The van der Waals surface area contributed by atoms with Crippen LogP contribution in [-0.2, 0) is 14.8 Å². The van der Waals surface area contributed by atoms with Crippen molar-refractivity contribution in [1.82, 2.24) is 4.31 Å². The van der Waals surface area contributed by atoms with Gasteiger partial charge in [-0.15, -0.1) is 0 Å². The topological polar surface area (TPSA) is 66.8 Å². The molecule has 0 aromatic heterocycles. The molecule has 2 rings (SSSR count). The second-order valence-corrected chi connectivity index (χ2v) is 7.24. The molecular formula is C12H11Cl2FN2O3S. The maximum absolute atomic E-state index is 13.7. The molecule has 21 heavy (non-hydrogen) atoms. The van der Waals surface area contributed by atoms with E-state index in [4.69, 9.17) is 23.2 Å². The van der Waals surface area contributed by atoms with Crippen molar-refractivity contribution in [3.05, 3.63) is 28.0 Å². The number of nitrogens with zero attached hydrogens (tertiary/aromatic N) is 2. The number of rotatable bonds is 3. The summed E-state index contributed by atoms with van der Waals surface area (Å²) in [5, 5.41) is -0.787. The van der Waals surface area contributed by atoms with Crippen LogP contribution in [0.1, 0.15) is 12.8 Å². The Morgan fingerprint density at radius 3 is 2.76 bits per heavy atom. The van der Waals surface area contributed by atoms with Crippen LogP contribution in [0.25, 0.3) is 0 Å². The summed E-state index contributed by atoms with van der Waals surface area (Å²) in [5.41, 5.74) is 0. The van der Waals surface area contributed by atoms with Gasteiger partial charge in [0.05, 0.1) is 16.1 Å². The molecule has 1 aliphatic rings. The van der Waals surface area contributed by atoms with E-state index in [9.17, 15) is 17.6 Å². The molecule has 1 fully saturated rings. The van der Waals surface area contributed by atoms with Gasteiger partial charge in [-0.1, -0.05) is 23.2 Å². The van der Waals surface area contributed by atoms with Gasteiger partial charge in [0.25, 0.3) is 0 Å². The van der Waals surface area contributed by atoms with E-state index in [-0.39, 0.29) is 23.0 Å². The summed E-state index contributed by atoms with van der Waals surface area (Å²) in [6.07, 6.45) is 2.57. The molecule has 1 saturated heterocycles. The number of hydrogen-bond donors (Lipinski definition) is 0. The normalized spacial score (nSPS) is 20.0. The minimum Gasteiger partial charge on any atom is -0.211 e. The number of carbonyl (C=O) groups excluding carboxylic acids is 1. The maximum atomic E-state index is 13.7. The van der Waals surface area contributed by atoms with Crippen molar-refractivity contribution in [3.63, 3.8) is 0 Å². The number of hydrogen-bond acceptors (Lipinski definition) is 4. The van der Waals surface area contributed by atoms with Gasteiger partial charge in [-0.2, -0.15) is 4.31 Å². The Morgan fingerprint density at radius 2 is 2.10 bits per heavy atom. The molecule has 0 amide bonds. The molecule has 1 unspecified atom stereocenters. The molecule has 1 aliphatic heterocycles. The van der Waals surface area contributed by atoms with Gasteiger partial charge in [-0.3, -0.25) is 0 Å². The quantitative estimate of drug-likeness (QED) is 0.477. The van der Waals surface area contributed by atoms with Gasteiger partial charge >= 0.3 is 0 Å². The third-order valence-corrected chi connectivity index (χ3v) is 5.89. The summed E-state index contributed by atoms with van der Waals surface area (Å²) >= 11 is 11.3. The lowest BCUT2D eigenvalue weighted by atomic mass is 10.1. The van der Waals surface area contributed by atoms with Crippen molar-refractivity contribution in [2.75, 3.05) is 13.1 Å². The average molecular weight is 353 g/mol. The Hall–Kier alpha value is -0.980. The molecule has 0 N–H and O–H groups in total. The van der Waals surface area contributed by atoms with Crippen LogP contribution in [0.5, 0.6) is 0 Å². The van der Waals surface area contributed by atoms with Gasteiger partial charge in [0.1, 0.15) is 4.90 Å². The number of isocyanates is 1. The highest BCUT2D eigenvalue weighted by Gasteiger charge is 2.32. The highest BCUT2D eigenvalue weighted by Crippen LogP contribution is 2.32. The highest BCUT2D eigenvalue weighted by atomic mass is 35.5. The van der Waals surface area contributed by atoms with E-state index in [2.05, 4.69) is 4.99 Å². The molecular weight excluding hydrogens is 342 g/mol. The number of benzene rings is 1. The van der Waals surface area contributed by atoms with Crippen LogP contribution in [-0.4, -0.2) is 37.9 Å². The molecule has 1 atom stereocenters. The Labute approximate surface area is 131 Å². The van der Waals surface area contributed by atoms with Crippen molar-refractivity contribution in [2.24, 2.45) is 4.99 Å². The third kappa shape index (κ3) is 3.27. The first-order valence-electron chi connectivity index (χ1n) is 6.08. The standard InChI is InChI=1S/C12H11Cl2FN2O3S/c13-9-3-4-10(11(14)12(9)15)21(19,20)17-5-1-2-8(6-17)16-7-18/h3-4,8H,1-2,5-6H2. The largest absolute Gasteiger partial charge is 0.244 e. The zero-order chi connectivity index (χ0) is 15.6. The van der Waals surface area contributed by atoms with E-state index in [1.54, 1.807) is 0 Å². The van der Waals surface area contributed by atoms with Gasteiger partial charge in [0, 0.05) is 13.1 Å². The van der Waals surface area contributed by atoms with E-state index >= 15 is 0 Å². The molecule has 5 nitrogen and oxygen atoms in total. The summed E-state index contributed by atoms with van der Waals surface area (Å²) < 4.78 is 39.8. The van der Waals surface area contributed by atoms with E-state index in [0.717, 1.165) is 16.4 Å². The first-order chi connectivity index (χ1) is 9.87.